The van der Waals surface area contributed by atoms with Crippen LogP contribution in [-0.2, 0) is 9.59 Å². The third kappa shape index (κ3) is 6.42. The second-order valence-corrected chi connectivity index (χ2v) is 6.55. The molecule has 1 atom stereocenters. The number of benzene rings is 1. The first-order valence-electron chi connectivity index (χ1n) is 8.86. The zero-order valence-electron chi connectivity index (χ0n) is 15.2. The molecule has 6 nitrogen and oxygen atoms in total. The number of rotatable bonds is 7. The van der Waals surface area contributed by atoms with Crippen LogP contribution in [-0.4, -0.2) is 48.7 Å². The third-order valence-corrected chi connectivity index (χ3v) is 4.53. The first-order valence-corrected chi connectivity index (χ1v) is 8.86. The van der Waals surface area contributed by atoms with Crippen molar-refractivity contribution in [3.05, 3.63) is 35.4 Å². The summed E-state index contributed by atoms with van der Waals surface area (Å²) in [5.41, 5.74) is 7.13. The average molecular weight is 382 g/mol. The highest BCUT2D eigenvalue weighted by Gasteiger charge is 2.28. The van der Waals surface area contributed by atoms with Gasteiger partial charge in [0, 0.05) is 44.6 Å². The van der Waals surface area contributed by atoms with Crippen molar-refractivity contribution in [3.63, 3.8) is 0 Å². The molecule has 2 amide bonds. The zero-order valence-corrected chi connectivity index (χ0v) is 16.0. The molecule has 1 aliphatic rings. The lowest BCUT2D eigenvalue weighted by molar-refractivity contribution is -0.135. The van der Waals surface area contributed by atoms with E-state index in [9.17, 15) is 14.4 Å². The number of Topliss-reactive ketones (excluding diaryl/α,β-unsaturated/α-hetero) is 1. The Morgan fingerprint density at radius 3 is 2.54 bits per heavy atom. The Morgan fingerprint density at radius 1 is 1.19 bits per heavy atom. The van der Waals surface area contributed by atoms with Crippen molar-refractivity contribution in [1.82, 2.24) is 10.2 Å². The minimum absolute atomic E-state index is 0. The Morgan fingerprint density at radius 2 is 1.88 bits per heavy atom. The lowest BCUT2D eigenvalue weighted by Crippen LogP contribution is -2.46. The molecule has 0 aromatic heterocycles. The standard InChI is InChI=1S/C19H27N3O3.ClH/c1-14-4-6-15(7-5-14)17(23)8-9-18(24)22-12-2-3-16(13-22)19(25)21-11-10-20;/h4-7,16H,2-3,8-13,20H2,1H3,(H,21,25);1H. The highest BCUT2D eigenvalue weighted by atomic mass is 35.5. The van der Waals surface area contributed by atoms with Gasteiger partial charge in [0.05, 0.1) is 5.92 Å². The molecule has 1 aliphatic heterocycles. The van der Waals surface area contributed by atoms with Gasteiger partial charge in [0.1, 0.15) is 0 Å². The molecule has 0 spiro atoms. The zero-order chi connectivity index (χ0) is 18.2. The normalized spacial score (nSPS) is 16.5. The van der Waals surface area contributed by atoms with E-state index in [1.165, 1.54) is 0 Å². The fraction of sp³-hybridized carbons (Fsp3) is 0.526. The van der Waals surface area contributed by atoms with Crippen LogP contribution < -0.4 is 11.1 Å². The summed E-state index contributed by atoms with van der Waals surface area (Å²) in [6.45, 7) is 3.90. The summed E-state index contributed by atoms with van der Waals surface area (Å²) in [5.74, 6) is -0.310. The molecule has 26 heavy (non-hydrogen) atoms. The first kappa shape index (κ1) is 22.1. The average Bonchev–Trinajstić information content (AvgIpc) is 2.64. The Labute approximate surface area is 160 Å². The lowest BCUT2D eigenvalue weighted by atomic mass is 9.96. The minimum Gasteiger partial charge on any atom is -0.355 e. The van der Waals surface area contributed by atoms with E-state index in [1.807, 2.05) is 19.1 Å². The number of likely N-dealkylation sites (tertiary alicyclic amines) is 1. The molecular weight excluding hydrogens is 354 g/mol. The number of carbonyl (C=O) groups is 3. The van der Waals surface area contributed by atoms with Crippen molar-refractivity contribution in [2.45, 2.75) is 32.6 Å². The lowest BCUT2D eigenvalue weighted by Gasteiger charge is -2.32. The largest absolute Gasteiger partial charge is 0.355 e. The third-order valence-electron chi connectivity index (χ3n) is 4.53. The van der Waals surface area contributed by atoms with Crippen molar-refractivity contribution in [1.29, 1.82) is 0 Å². The number of carbonyl (C=O) groups excluding carboxylic acids is 3. The van der Waals surface area contributed by atoms with E-state index in [1.54, 1.807) is 17.0 Å². The van der Waals surface area contributed by atoms with E-state index in [4.69, 9.17) is 5.73 Å². The van der Waals surface area contributed by atoms with Gasteiger partial charge < -0.3 is 16.0 Å². The van der Waals surface area contributed by atoms with Gasteiger partial charge in [-0.2, -0.15) is 0 Å². The number of amides is 2. The number of piperidine rings is 1. The second kappa shape index (κ2) is 10.9. The van der Waals surface area contributed by atoms with Gasteiger partial charge >= 0.3 is 0 Å². The van der Waals surface area contributed by atoms with E-state index in [0.717, 1.165) is 18.4 Å². The monoisotopic (exact) mass is 381 g/mol. The fourth-order valence-electron chi connectivity index (χ4n) is 3.02. The van der Waals surface area contributed by atoms with Crippen LogP contribution >= 0.6 is 12.4 Å². The molecule has 0 bridgehead atoms. The molecule has 1 saturated heterocycles. The topological polar surface area (TPSA) is 92.5 Å². The molecule has 1 fully saturated rings. The maximum atomic E-state index is 12.4. The maximum Gasteiger partial charge on any atom is 0.224 e. The molecule has 144 valence electrons. The Bertz CT molecular complexity index is 619. The smallest absolute Gasteiger partial charge is 0.224 e. The summed E-state index contributed by atoms with van der Waals surface area (Å²) >= 11 is 0. The molecular formula is C19H28ClN3O3. The second-order valence-electron chi connectivity index (χ2n) is 6.55. The highest BCUT2D eigenvalue weighted by Crippen LogP contribution is 2.18. The predicted octanol–water partition coefficient (Wildman–Crippen LogP) is 1.69. The van der Waals surface area contributed by atoms with Crippen molar-refractivity contribution >= 4 is 30.0 Å². The Balaban J connectivity index is 0.00000338. The van der Waals surface area contributed by atoms with Crippen molar-refractivity contribution in [3.8, 4) is 0 Å². The number of hydrogen-bond donors (Lipinski definition) is 2. The maximum absolute atomic E-state index is 12.4. The summed E-state index contributed by atoms with van der Waals surface area (Å²) in [4.78, 5) is 38.3. The highest BCUT2D eigenvalue weighted by molar-refractivity contribution is 5.98. The molecule has 0 radical (unpaired) electrons. The van der Waals surface area contributed by atoms with Gasteiger partial charge in [-0.15, -0.1) is 12.4 Å². The van der Waals surface area contributed by atoms with Gasteiger partial charge in [-0.05, 0) is 19.8 Å². The summed E-state index contributed by atoms with van der Waals surface area (Å²) in [6.07, 6.45) is 1.97. The Kier molecular flexibility index (Phi) is 9.30. The number of nitrogens with zero attached hydrogens (tertiary/aromatic N) is 1. The van der Waals surface area contributed by atoms with Gasteiger partial charge in [0.25, 0.3) is 0 Å². The minimum atomic E-state index is -0.183. The first-order chi connectivity index (χ1) is 12.0. The summed E-state index contributed by atoms with van der Waals surface area (Å²) in [6, 6.07) is 7.37. The predicted molar refractivity (Wildman–Crippen MR) is 103 cm³/mol. The van der Waals surface area contributed by atoms with E-state index < -0.39 is 0 Å². The van der Waals surface area contributed by atoms with Gasteiger partial charge in [0.2, 0.25) is 11.8 Å². The van der Waals surface area contributed by atoms with Crippen LogP contribution in [0, 0.1) is 12.8 Å². The molecule has 0 saturated carbocycles. The number of ketones is 1. The number of halogens is 1. The number of nitrogens with two attached hydrogens (primary N) is 1. The van der Waals surface area contributed by atoms with Crippen molar-refractivity contribution in [2.24, 2.45) is 11.7 Å². The quantitative estimate of drug-likeness (QED) is 0.703. The summed E-state index contributed by atoms with van der Waals surface area (Å²) < 4.78 is 0. The van der Waals surface area contributed by atoms with Crippen LogP contribution in [0.5, 0.6) is 0 Å². The van der Waals surface area contributed by atoms with Gasteiger partial charge in [-0.3, -0.25) is 14.4 Å². The van der Waals surface area contributed by atoms with Crippen LogP contribution in [0.3, 0.4) is 0 Å². The van der Waals surface area contributed by atoms with Crippen LogP contribution in [0.4, 0.5) is 0 Å². The fourth-order valence-corrected chi connectivity index (χ4v) is 3.02. The molecule has 3 N–H and O–H groups in total. The molecule has 2 rings (SSSR count). The van der Waals surface area contributed by atoms with E-state index in [2.05, 4.69) is 5.32 Å². The van der Waals surface area contributed by atoms with Crippen LogP contribution in [0.15, 0.2) is 24.3 Å². The molecule has 1 unspecified atom stereocenters. The Hall–Kier alpha value is -1.92. The number of hydrogen-bond acceptors (Lipinski definition) is 4. The van der Waals surface area contributed by atoms with E-state index >= 15 is 0 Å². The molecule has 1 aromatic rings. The van der Waals surface area contributed by atoms with Crippen LogP contribution in [0.25, 0.3) is 0 Å². The van der Waals surface area contributed by atoms with Gasteiger partial charge in [-0.25, -0.2) is 0 Å². The molecule has 7 heteroatoms. The van der Waals surface area contributed by atoms with Crippen LogP contribution in [0.1, 0.15) is 41.6 Å². The number of aryl methyl sites for hydroxylation is 1. The SMILES string of the molecule is Cc1ccc(C(=O)CCC(=O)N2CCCC(C(=O)NCCN)C2)cc1.Cl. The summed E-state index contributed by atoms with van der Waals surface area (Å²) in [7, 11) is 0. The van der Waals surface area contributed by atoms with Gasteiger partial charge in [0.15, 0.2) is 5.78 Å². The van der Waals surface area contributed by atoms with Crippen molar-refractivity contribution < 1.29 is 14.4 Å². The summed E-state index contributed by atoms with van der Waals surface area (Å²) in [5, 5.41) is 2.78. The van der Waals surface area contributed by atoms with Crippen LogP contribution in [0.2, 0.25) is 0 Å². The van der Waals surface area contributed by atoms with Gasteiger partial charge in [-0.1, -0.05) is 29.8 Å². The van der Waals surface area contributed by atoms with Crippen molar-refractivity contribution in [2.75, 3.05) is 26.2 Å². The van der Waals surface area contributed by atoms with E-state index in [-0.39, 0.29) is 48.8 Å². The molecule has 1 aromatic carbocycles. The number of nitrogens with one attached hydrogen (secondary N) is 1. The molecule has 1 heterocycles. The molecule has 0 aliphatic carbocycles. The van der Waals surface area contributed by atoms with E-state index in [0.29, 0.717) is 31.7 Å².